The zero-order valence-corrected chi connectivity index (χ0v) is 16.0. The molecule has 0 atom stereocenters. The van der Waals surface area contributed by atoms with Crippen LogP contribution in [0.5, 0.6) is 0 Å². The van der Waals surface area contributed by atoms with Crippen LogP contribution in [0.15, 0.2) is 48.5 Å². The van der Waals surface area contributed by atoms with Gasteiger partial charge in [-0.25, -0.2) is 9.18 Å². The van der Waals surface area contributed by atoms with Crippen molar-refractivity contribution in [2.24, 2.45) is 0 Å². The van der Waals surface area contributed by atoms with Crippen molar-refractivity contribution in [2.45, 2.75) is 26.6 Å². The highest BCUT2D eigenvalue weighted by atomic mass is 19.1. The highest BCUT2D eigenvalue weighted by molar-refractivity contribution is 5.89. The molecule has 1 aliphatic heterocycles. The molecule has 6 heteroatoms. The van der Waals surface area contributed by atoms with Gasteiger partial charge in [0.2, 0.25) is 0 Å². The number of hydrogen-bond acceptors (Lipinski definition) is 4. The van der Waals surface area contributed by atoms with Gasteiger partial charge in [0.1, 0.15) is 5.82 Å². The fourth-order valence-corrected chi connectivity index (χ4v) is 3.68. The molecule has 0 amide bonds. The molecule has 144 valence electrons. The van der Waals surface area contributed by atoms with Gasteiger partial charge in [-0.2, -0.15) is 5.10 Å². The molecule has 5 nitrogen and oxygen atoms in total. The summed E-state index contributed by atoms with van der Waals surface area (Å²) in [5, 5.41) is 4.76. The van der Waals surface area contributed by atoms with Gasteiger partial charge >= 0.3 is 5.97 Å². The monoisotopic (exact) mass is 379 g/mol. The summed E-state index contributed by atoms with van der Waals surface area (Å²) in [4.78, 5) is 14.2. The van der Waals surface area contributed by atoms with Gasteiger partial charge in [0.25, 0.3) is 0 Å². The highest BCUT2D eigenvalue weighted by Gasteiger charge is 2.27. The highest BCUT2D eigenvalue weighted by Crippen LogP contribution is 2.34. The Kier molecular flexibility index (Phi) is 4.96. The lowest BCUT2D eigenvalue weighted by atomic mass is 10.1. The third kappa shape index (κ3) is 3.43. The van der Waals surface area contributed by atoms with Gasteiger partial charge in [0.15, 0.2) is 0 Å². The van der Waals surface area contributed by atoms with Crippen molar-refractivity contribution in [2.75, 3.05) is 13.7 Å². The second kappa shape index (κ2) is 7.56. The van der Waals surface area contributed by atoms with Gasteiger partial charge < -0.3 is 4.74 Å². The first kappa shape index (κ1) is 18.4. The van der Waals surface area contributed by atoms with Crippen molar-refractivity contribution in [3.63, 3.8) is 0 Å². The fourth-order valence-electron chi connectivity index (χ4n) is 3.68. The van der Waals surface area contributed by atoms with Gasteiger partial charge in [-0.3, -0.25) is 9.58 Å². The van der Waals surface area contributed by atoms with Gasteiger partial charge in [-0.15, -0.1) is 0 Å². The number of fused-ring (bicyclic) bond motifs is 1. The quantitative estimate of drug-likeness (QED) is 0.632. The Hall–Kier alpha value is -2.99. The van der Waals surface area contributed by atoms with Crippen LogP contribution in [0.25, 0.3) is 11.3 Å². The van der Waals surface area contributed by atoms with Gasteiger partial charge in [-0.05, 0) is 43.8 Å². The average Bonchev–Trinajstić information content (AvgIpc) is 3.18. The molecule has 0 N–H and O–H groups in total. The summed E-state index contributed by atoms with van der Waals surface area (Å²) in [7, 11) is 2.03. The Bertz CT molecular complexity index is 1030. The molecule has 1 aromatic heterocycles. The van der Waals surface area contributed by atoms with Gasteiger partial charge in [0.05, 0.1) is 30.1 Å². The molecule has 0 fully saturated rings. The molecular weight excluding hydrogens is 357 g/mol. The molecule has 3 aromatic rings. The minimum Gasteiger partial charge on any atom is -0.462 e. The van der Waals surface area contributed by atoms with Gasteiger partial charge in [0, 0.05) is 24.2 Å². The van der Waals surface area contributed by atoms with E-state index < -0.39 is 0 Å². The van der Waals surface area contributed by atoms with E-state index in [2.05, 4.69) is 4.90 Å². The van der Waals surface area contributed by atoms with Crippen molar-refractivity contribution >= 4 is 5.97 Å². The molecule has 28 heavy (non-hydrogen) atoms. The maximum atomic E-state index is 14.6. The molecular formula is C22H22FN3O2. The van der Waals surface area contributed by atoms with E-state index in [9.17, 15) is 9.18 Å². The first-order chi connectivity index (χ1) is 13.6. The molecule has 0 unspecified atom stereocenters. The maximum Gasteiger partial charge on any atom is 0.338 e. The van der Waals surface area contributed by atoms with Crippen molar-refractivity contribution in [3.8, 4) is 11.3 Å². The van der Waals surface area contributed by atoms with E-state index >= 15 is 0 Å². The van der Waals surface area contributed by atoms with E-state index in [0.29, 0.717) is 24.3 Å². The number of aromatic nitrogens is 2. The van der Waals surface area contributed by atoms with E-state index in [1.807, 2.05) is 36.0 Å². The normalized spacial score (nSPS) is 13.5. The van der Waals surface area contributed by atoms with Crippen LogP contribution in [0.3, 0.4) is 0 Å². The van der Waals surface area contributed by atoms with Crippen LogP contribution in [0.2, 0.25) is 0 Å². The molecule has 2 heterocycles. The van der Waals surface area contributed by atoms with Crippen molar-refractivity contribution in [1.82, 2.24) is 14.7 Å². The van der Waals surface area contributed by atoms with Crippen LogP contribution in [-0.4, -0.2) is 34.3 Å². The number of carbonyl (C=O) groups excluding carboxylic acids is 1. The predicted molar refractivity (Wildman–Crippen MR) is 104 cm³/mol. The van der Waals surface area contributed by atoms with Crippen LogP contribution in [0.1, 0.15) is 34.1 Å². The summed E-state index contributed by atoms with van der Waals surface area (Å²) in [5.41, 5.74) is 4.81. The lowest BCUT2D eigenvalue weighted by molar-refractivity contribution is 0.0526. The summed E-state index contributed by atoms with van der Waals surface area (Å²) in [6.07, 6.45) is 0. The second-order valence-corrected chi connectivity index (χ2v) is 7.00. The third-order valence-corrected chi connectivity index (χ3v) is 4.88. The number of benzene rings is 2. The molecule has 0 radical (unpaired) electrons. The van der Waals surface area contributed by atoms with Crippen LogP contribution < -0.4 is 0 Å². The zero-order valence-electron chi connectivity index (χ0n) is 16.0. The largest absolute Gasteiger partial charge is 0.462 e. The lowest BCUT2D eigenvalue weighted by Crippen LogP contribution is -2.13. The number of ether oxygens (including phenoxy) is 1. The zero-order chi connectivity index (χ0) is 19.7. The summed E-state index contributed by atoms with van der Waals surface area (Å²) < 4.78 is 21.5. The van der Waals surface area contributed by atoms with E-state index in [-0.39, 0.29) is 11.8 Å². The summed E-state index contributed by atoms with van der Waals surface area (Å²) in [6.45, 7) is 4.05. The Morgan fingerprint density at radius 3 is 2.79 bits per heavy atom. The number of hydrogen-bond donors (Lipinski definition) is 0. The van der Waals surface area contributed by atoms with Crippen molar-refractivity contribution in [3.05, 3.63) is 76.7 Å². The maximum absolute atomic E-state index is 14.6. The summed E-state index contributed by atoms with van der Waals surface area (Å²) >= 11 is 0. The number of rotatable bonds is 5. The van der Waals surface area contributed by atoms with E-state index in [1.165, 1.54) is 6.07 Å². The smallest absolute Gasteiger partial charge is 0.338 e. The number of nitrogens with zero attached hydrogens (tertiary/aromatic N) is 3. The Balaban J connectivity index is 1.74. The lowest BCUT2D eigenvalue weighted by Gasteiger charge is -2.13. The molecule has 0 saturated carbocycles. The molecule has 4 rings (SSSR count). The van der Waals surface area contributed by atoms with Gasteiger partial charge in [-0.1, -0.05) is 24.3 Å². The summed E-state index contributed by atoms with van der Waals surface area (Å²) in [6, 6.07) is 14.1. The number of esters is 1. The van der Waals surface area contributed by atoms with Crippen LogP contribution in [-0.2, 0) is 24.4 Å². The Labute approximate surface area is 163 Å². The van der Waals surface area contributed by atoms with Crippen molar-refractivity contribution in [1.29, 1.82) is 0 Å². The van der Waals surface area contributed by atoms with Crippen LogP contribution >= 0.6 is 0 Å². The molecule has 0 bridgehead atoms. The molecule has 0 saturated heterocycles. The standard InChI is InChI=1S/C22H22FN3O2/c1-3-28-22(27)16-8-6-7-15(11-16)12-26-21(17-9-4-5-10-19(17)23)18-13-25(2)14-20(18)24-26/h4-11H,3,12-14H2,1-2H3. The van der Waals surface area contributed by atoms with Crippen molar-refractivity contribution < 1.29 is 13.9 Å². The Morgan fingerprint density at radius 1 is 1.18 bits per heavy atom. The molecule has 0 spiro atoms. The van der Waals surface area contributed by atoms with E-state index in [1.54, 1.807) is 25.1 Å². The SMILES string of the molecule is CCOC(=O)c1cccc(Cn2nc3c(c2-c2ccccc2F)CN(C)C3)c1. The predicted octanol–water partition coefficient (Wildman–Crippen LogP) is 3.86. The minimum atomic E-state index is -0.344. The second-order valence-electron chi connectivity index (χ2n) is 7.00. The number of carbonyl (C=O) groups is 1. The Morgan fingerprint density at radius 2 is 2.00 bits per heavy atom. The van der Waals surface area contributed by atoms with Crippen LogP contribution in [0.4, 0.5) is 4.39 Å². The number of halogens is 1. The topological polar surface area (TPSA) is 47.4 Å². The average molecular weight is 379 g/mol. The first-order valence-corrected chi connectivity index (χ1v) is 9.35. The summed E-state index contributed by atoms with van der Waals surface area (Å²) in [5.74, 6) is -0.607. The minimum absolute atomic E-state index is 0.263. The van der Waals surface area contributed by atoms with E-state index in [0.717, 1.165) is 35.6 Å². The van der Waals surface area contributed by atoms with Crippen LogP contribution in [0, 0.1) is 5.82 Å². The third-order valence-electron chi connectivity index (χ3n) is 4.88. The molecule has 1 aliphatic rings. The van der Waals surface area contributed by atoms with E-state index in [4.69, 9.17) is 9.84 Å². The molecule has 0 aliphatic carbocycles. The molecule has 2 aromatic carbocycles. The first-order valence-electron chi connectivity index (χ1n) is 9.35. The fraction of sp³-hybridized carbons (Fsp3) is 0.273.